The summed E-state index contributed by atoms with van der Waals surface area (Å²) in [7, 11) is 0. The lowest BCUT2D eigenvalue weighted by Gasteiger charge is -2.24. The fourth-order valence-corrected chi connectivity index (χ4v) is 2.33. The van der Waals surface area contributed by atoms with Crippen LogP contribution >= 0.6 is 11.6 Å². The zero-order valence-corrected chi connectivity index (χ0v) is 9.74. The van der Waals surface area contributed by atoms with E-state index in [-0.39, 0.29) is 0 Å². The quantitative estimate of drug-likeness (QED) is 0.792. The third kappa shape index (κ3) is 2.40. The van der Waals surface area contributed by atoms with E-state index in [1.165, 1.54) is 25.7 Å². The molecule has 1 aliphatic heterocycles. The van der Waals surface area contributed by atoms with E-state index in [4.69, 9.17) is 11.6 Å². The number of rotatable bonds is 3. The van der Waals surface area contributed by atoms with Crippen molar-refractivity contribution in [3.8, 4) is 0 Å². The minimum Gasteiger partial charge on any atom is -0.352 e. The van der Waals surface area contributed by atoms with Crippen LogP contribution in [-0.4, -0.2) is 22.8 Å². The molecule has 0 N–H and O–H groups in total. The van der Waals surface area contributed by atoms with Crippen molar-refractivity contribution < 1.29 is 0 Å². The van der Waals surface area contributed by atoms with Gasteiger partial charge in [-0.3, -0.25) is 0 Å². The van der Waals surface area contributed by atoms with Crippen LogP contribution in [0.25, 0.3) is 0 Å². The van der Waals surface area contributed by atoms with E-state index in [1.807, 2.05) is 12.1 Å². The zero-order chi connectivity index (χ0) is 10.7. The van der Waals surface area contributed by atoms with Crippen LogP contribution in [-0.2, 0) is 0 Å². The van der Waals surface area contributed by atoms with Gasteiger partial charge in [-0.1, -0.05) is 24.9 Å². The van der Waals surface area contributed by atoms with Gasteiger partial charge in [-0.05, 0) is 31.4 Å². The van der Waals surface area contributed by atoms with Crippen molar-refractivity contribution >= 4 is 17.4 Å². The lowest BCUT2D eigenvalue weighted by atomic mass is 10.1. The third-order valence-corrected chi connectivity index (χ3v) is 3.11. The van der Waals surface area contributed by atoms with E-state index in [0.29, 0.717) is 11.2 Å². The van der Waals surface area contributed by atoms with Gasteiger partial charge < -0.3 is 4.90 Å². The van der Waals surface area contributed by atoms with Gasteiger partial charge in [0.05, 0.1) is 0 Å². The number of halogens is 1. The van der Waals surface area contributed by atoms with Crippen LogP contribution in [0.1, 0.15) is 32.6 Å². The van der Waals surface area contributed by atoms with Crippen LogP contribution in [0.4, 0.5) is 5.82 Å². The van der Waals surface area contributed by atoms with Gasteiger partial charge in [0.15, 0.2) is 11.0 Å². The molecule has 1 saturated heterocycles. The molecule has 0 bridgehead atoms. The lowest BCUT2D eigenvalue weighted by Crippen LogP contribution is -2.29. The average molecular weight is 226 g/mol. The summed E-state index contributed by atoms with van der Waals surface area (Å²) in [5, 5.41) is 8.49. The zero-order valence-electron chi connectivity index (χ0n) is 8.99. The molecule has 0 saturated carbocycles. The van der Waals surface area contributed by atoms with Crippen LogP contribution < -0.4 is 4.90 Å². The van der Waals surface area contributed by atoms with E-state index in [0.717, 1.165) is 12.4 Å². The summed E-state index contributed by atoms with van der Waals surface area (Å²) >= 11 is 5.72. The first-order valence-electron chi connectivity index (χ1n) is 5.57. The average Bonchev–Trinajstić information content (AvgIpc) is 2.68. The van der Waals surface area contributed by atoms with Crippen LogP contribution in [0.5, 0.6) is 0 Å². The van der Waals surface area contributed by atoms with E-state index in [1.54, 1.807) is 0 Å². The van der Waals surface area contributed by atoms with Gasteiger partial charge in [0.25, 0.3) is 0 Å². The summed E-state index contributed by atoms with van der Waals surface area (Å²) in [5.41, 5.74) is 0. The molecule has 0 amide bonds. The molecule has 0 radical (unpaired) electrons. The molecule has 1 aromatic heterocycles. The molecule has 1 unspecified atom stereocenters. The molecule has 4 heteroatoms. The van der Waals surface area contributed by atoms with Gasteiger partial charge >= 0.3 is 0 Å². The number of hydrogen-bond donors (Lipinski definition) is 0. The van der Waals surface area contributed by atoms with Gasteiger partial charge in [0, 0.05) is 12.6 Å². The highest BCUT2D eigenvalue weighted by Crippen LogP contribution is 2.26. The SMILES string of the molecule is CCCC1CCCN1c1ccc(Cl)nn1. The Balaban J connectivity index is 2.11. The maximum atomic E-state index is 5.72. The Kier molecular flexibility index (Phi) is 3.41. The third-order valence-electron chi connectivity index (χ3n) is 2.91. The molecule has 2 heterocycles. The Labute approximate surface area is 95.5 Å². The molecule has 0 spiro atoms. The standard InChI is InChI=1S/C11H16ClN3/c1-2-4-9-5-3-8-15(9)11-7-6-10(12)13-14-11/h6-7,9H,2-5,8H2,1H3. The maximum Gasteiger partial charge on any atom is 0.151 e. The van der Waals surface area contributed by atoms with Crippen molar-refractivity contribution in [1.82, 2.24) is 10.2 Å². The van der Waals surface area contributed by atoms with Gasteiger partial charge in [-0.15, -0.1) is 10.2 Å². The highest BCUT2D eigenvalue weighted by Gasteiger charge is 2.24. The predicted molar refractivity (Wildman–Crippen MR) is 62.3 cm³/mol. The molecule has 82 valence electrons. The van der Waals surface area contributed by atoms with E-state index >= 15 is 0 Å². The second-order valence-corrected chi connectivity index (χ2v) is 4.38. The minimum absolute atomic E-state index is 0.463. The first kappa shape index (κ1) is 10.7. The maximum absolute atomic E-state index is 5.72. The predicted octanol–water partition coefficient (Wildman–Crippen LogP) is 2.90. The number of aromatic nitrogens is 2. The van der Waals surface area contributed by atoms with Crippen LogP contribution in [0.2, 0.25) is 5.15 Å². The molecule has 1 aliphatic rings. The summed E-state index contributed by atoms with van der Waals surface area (Å²) in [6.07, 6.45) is 5.00. The monoisotopic (exact) mass is 225 g/mol. The van der Waals surface area contributed by atoms with Crippen molar-refractivity contribution in [3.05, 3.63) is 17.3 Å². The molecule has 15 heavy (non-hydrogen) atoms. The first-order valence-corrected chi connectivity index (χ1v) is 5.95. The normalized spacial score (nSPS) is 20.9. The molecule has 1 aromatic rings. The largest absolute Gasteiger partial charge is 0.352 e. The minimum atomic E-state index is 0.463. The Morgan fingerprint density at radius 3 is 3.00 bits per heavy atom. The van der Waals surface area contributed by atoms with E-state index < -0.39 is 0 Å². The van der Waals surface area contributed by atoms with Crippen molar-refractivity contribution in [1.29, 1.82) is 0 Å². The van der Waals surface area contributed by atoms with Gasteiger partial charge in [-0.2, -0.15) is 0 Å². The van der Waals surface area contributed by atoms with Crippen LogP contribution in [0.3, 0.4) is 0 Å². The summed E-state index contributed by atoms with van der Waals surface area (Å²) in [5.74, 6) is 0.968. The van der Waals surface area contributed by atoms with E-state index in [9.17, 15) is 0 Å². The molecular weight excluding hydrogens is 210 g/mol. The molecular formula is C11H16ClN3. The molecule has 0 aliphatic carbocycles. The highest BCUT2D eigenvalue weighted by atomic mass is 35.5. The summed E-state index contributed by atoms with van der Waals surface area (Å²) < 4.78 is 0. The summed E-state index contributed by atoms with van der Waals surface area (Å²) in [4.78, 5) is 2.35. The molecule has 0 aromatic carbocycles. The lowest BCUT2D eigenvalue weighted by molar-refractivity contribution is 0.594. The Bertz CT molecular complexity index is 312. The number of hydrogen-bond acceptors (Lipinski definition) is 3. The van der Waals surface area contributed by atoms with Gasteiger partial charge in [0.1, 0.15) is 0 Å². The van der Waals surface area contributed by atoms with Crippen LogP contribution in [0.15, 0.2) is 12.1 Å². The van der Waals surface area contributed by atoms with Crippen molar-refractivity contribution in [2.75, 3.05) is 11.4 Å². The van der Waals surface area contributed by atoms with Gasteiger partial charge in [-0.25, -0.2) is 0 Å². The second-order valence-electron chi connectivity index (χ2n) is 3.99. The van der Waals surface area contributed by atoms with Crippen molar-refractivity contribution in [2.24, 2.45) is 0 Å². The fraction of sp³-hybridized carbons (Fsp3) is 0.636. The number of nitrogens with zero attached hydrogens (tertiary/aromatic N) is 3. The smallest absolute Gasteiger partial charge is 0.151 e. The summed E-state index contributed by atoms with van der Waals surface area (Å²) in [6.45, 7) is 3.32. The molecule has 1 atom stereocenters. The molecule has 2 rings (SSSR count). The van der Waals surface area contributed by atoms with Gasteiger partial charge in [0.2, 0.25) is 0 Å². The highest BCUT2D eigenvalue weighted by molar-refractivity contribution is 6.29. The number of anilines is 1. The Morgan fingerprint density at radius 1 is 1.47 bits per heavy atom. The Hall–Kier alpha value is -0.830. The Morgan fingerprint density at radius 2 is 2.33 bits per heavy atom. The topological polar surface area (TPSA) is 29.0 Å². The molecule has 3 nitrogen and oxygen atoms in total. The second kappa shape index (κ2) is 4.79. The van der Waals surface area contributed by atoms with Crippen molar-refractivity contribution in [2.45, 2.75) is 38.6 Å². The summed E-state index contributed by atoms with van der Waals surface area (Å²) in [6, 6.07) is 4.42. The molecule has 1 fully saturated rings. The van der Waals surface area contributed by atoms with Crippen molar-refractivity contribution in [3.63, 3.8) is 0 Å². The van der Waals surface area contributed by atoms with Crippen LogP contribution in [0, 0.1) is 0 Å². The fourth-order valence-electron chi connectivity index (χ4n) is 2.23. The van der Waals surface area contributed by atoms with E-state index in [2.05, 4.69) is 22.0 Å². The first-order chi connectivity index (χ1) is 7.31.